The van der Waals surface area contributed by atoms with Gasteiger partial charge in [0.15, 0.2) is 0 Å². The van der Waals surface area contributed by atoms with E-state index >= 15 is 0 Å². The molecule has 1 aliphatic rings. The topological polar surface area (TPSA) is 105 Å². The lowest BCUT2D eigenvalue weighted by atomic mass is 9.93. The molecule has 26 heavy (non-hydrogen) atoms. The molecule has 7 heteroatoms. The molecular formula is C19H23N3O4. The molecule has 1 fully saturated rings. The van der Waals surface area contributed by atoms with Crippen molar-refractivity contribution >= 4 is 11.9 Å². The minimum Gasteiger partial charge on any atom is -0.493 e. The molecule has 0 unspecified atom stereocenters. The van der Waals surface area contributed by atoms with Crippen molar-refractivity contribution in [2.45, 2.75) is 44.8 Å². The molecule has 7 nitrogen and oxygen atoms in total. The number of nitrogens with one attached hydrogen (secondary N) is 1. The normalized spacial score (nSPS) is 19.8. The van der Waals surface area contributed by atoms with Gasteiger partial charge in [0, 0.05) is 11.8 Å². The number of carboxylic acid groups (broad SMARTS) is 1. The third-order valence-electron chi connectivity index (χ3n) is 4.51. The minimum absolute atomic E-state index is 0.0612. The molecule has 2 aromatic rings. The molecule has 0 bridgehead atoms. The first-order valence-electron chi connectivity index (χ1n) is 8.86. The average Bonchev–Trinajstić information content (AvgIpc) is 2.64. The van der Waals surface area contributed by atoms with E-state index < -0.39 is 12.1 Å². The van der Waals surface area contributed by atoms with Crippen molar-refractivity contribution in [1.82, 2.24) is 9.97 Å². The van der Waals surface area contributed by atoms with Crippen LogP contribution in [0.3, 0.4) is 0 Å². The third kappa shape index (κ3) is 4.11. The Labute approximate surface area is 152 Å². The lowest BCUT2D eigenvalue weighted by Gasteiger charge is -2.28. The number of hydrogen-bond donors (Lipinski definition) is 3. The van der Waals surface area contributed by atoms with Crippen molar-refractivity contribution in [2.24, 2.45) is 0 Å². The second kappa shape index (κ2) is 8.14. The molecule has 1 heterocycles. The van der Waals surface area contributed by atoms with E-state index in [1.807, 2.05) is 6.92 Å². The van der Waals surface area contributed by atoms with E-state index in [2.05, 4.69) is 15.3 Å². The average molecular weight is 357 g/mol. The number of rotatable bonds is 6. The van der Waals surface area contributed by atoms with Crippen molar-refractivity contribution in [3.63, 3.8) is 0 Å². The summed E-state index contributed by atoms with van der Waals surface area (Å²) in [5, 5.41) is 22.7. The van der Waals surface area contributed by atoms with Gasteiger partial charge < -0.3 is 20.3 Å². The monoisotopic (exact) mass is 357 g/mol. The number of benzene rings is 1. The number of aliphatic hydroxyl groups is 1. The van der Waals surface area contributed by atoms with Crippen molar-refractivity contribution in [2.75, 3.05) is 11.9 Å². The van der Waals surface area contributed by atoms with Gasteiger partial charge in [0.2, 0.25) is 5.95 Å². The number of aromatic carboxylic acids is 1. The summed E-state index contributed by atoms with van der Waals surface area (Å²) in [7, 11) is 0. The lowest BCUT2D eigenvalue weighted by Crippen LogP contribution is -2.36. The number of anilines is 1. The molecule has 1 saturated carbocycles. The van der Waals surface area contributed by atoms with E-state index in [0.29, 0.717) is 29.6 Å². The molecule has 3 N–H and O–H groups in total. The van der Waals surface area contributed by atoms with Gasteiger partial charge >= 0.3 is 5.97 Å². The molecular weight excluding hydrogens is 334 g/mol. The van der Waals surface area contributed by atoms with Crippen LogP contribution in [0.2, 0.25) is 0 Å². The largest absolute Gasteiger partial charge is 0.493 e. The van der Waals surface area contributed by atoms with E-state index in [4.69, 9.17) is 4.74 Å². The summed E-state index contributed by atoms with van der Waals surface area (Å²) >= 11 is 0. The summed E-state index contributed by atoms with van der Waals surface area (Å²) < 4.78 is 5.37. The number of nitrogens with zero attached hydrogens (tertiary/aromatic N) is 2. The van der Waals surface area contributed by atoms with E-state index in [9.17, 15) is 15.0 Å². The summed E-state index contributed by atoms with van der Waals surface area (Å²) in [5.74, 6) is -0.284. The zero-order valence-corrected chi connectivity index (χ0v) is 14.7. The summed E-state index contributed by atoms with van der Waals surface area (Å²) in [5.41, 5.74) is 1.37. The van der Waals surface area contributed by atoms with Crippen molar-refractivity contribution < 1.29 is 19.7 Å². The highest BCUT2D eigenvalue weighted by Crippen LogP contribution is 2.27. The molecule has 0 radical (unpaired) electrons. The van der Waals surface area contributed by atoms with Crippen LogP contribution in [-0.4, -0.2) is 44.9 Å². The second-order valence-electron chi connectivity index (χ2n) is 6.32. The predicted molar refractivity (Wildman–Crippen MR) is 97.5 cm³/mol. The van der Waals surface area contributed by atoms with E-state index in [1.54, 1.807) is 30.5 Å². The van der Waals surface area contributed by atoms with Gasteiger partial charge in [0.05, 0.1) is 24.4 Å². The van der Waals surface area contributed by atoms with Gasteiger partial charge in [0.25, 0.3) is 0 Å². The second-order valence-corrected chi connectivity index (χ2v) is 6.32. The maximum absolute atomic E-state index is 11.5. The standard InChI is InChI=1S/C19H23N3O4/c1-2-26-17-8-7-12(11-13(17)18(24)25)14-9-10-20-19(21-14)22-15-5-3-4-6-16(15)23/h7-11,15-16,23H,2-6H2,1H3,(H,24,25)(H,20,21,22)/t15-,16-/m1/s1. The van der Waals surface area contributed by atoms with Crippen LogP contribution in [0.1, 0.15) is 43.0 Å². The van der Waals surface area contributed by atoms with Gasteiger partial charge in [0.1, 0.15) is 11.3 Å². The van der Waals surface area contributed by atoms with Crippen molar-refractivity contribution in [1.29, 1.82) is 0 Å². The molecule has 1 aliphatic carbocycles. The van der Waals surface area contributed by atoms with Crippen molar-refractivity contribution in [3.8, 4) is 17.0 Å². The van der Waals surface area contributed by atoms with Gasteiger partial charge in [-0.05, 0) is 44.0 Å². The first-order valence-corrected chi connectivity index (χ1v) is 8.86. The fraction of sp³-hybridized carbons (Fsp3) is 0.421. The van der Waals surface area contributed by atoms with Gasteiger partial charge in [-0.25, -0.2) is 14.8 Å². The SMILES string of the molecule is CCOc1ccc(-c2ccnc(N[C@@H]3CCCC[C@H]3O)n2)cc1C(=O)O. The summed E-state index contributed by atoms with van der Waals surface area (Å²) in [6, 6.07) is 6.63. The Morgan fingerprint density at radius 3 is 2.85 bits per heavy atom. The van der Waals surface area contributed by atoms with Gasteiger partial charge in [-0.15, -0.1) is 0 Å². The quantitative estimate of drug-likeness (QED) is 0.730. The Balaban J connectivity index is 1.85. The number of carboxylic acids is 1. The molecule has 1 aromatic heterocycles. The Morgan fingerprint density at radius 2 is 2.12 bits per heavy atom. The number of hydrogen-bond acceptors (Lipinski definition) is 6. The van der Waals surface area contributed by atoms with Crippen LogP contribution in [0.15, 0.2) is 30.5 Å². The van der Waals surface area contributed by atoms with Gasteiger partial charge in [-0.3, -0.25) is 0 Å². The van der Waals surface area contributed by atoms with Crippen molar-refractivity contribution in [3.05, 3.63) is 36.0 Å². The van der Waals surface area contributed by atoms with Gasteiger partial charge in [-0.1, -0.05) is 12.8 Å². The zero-order valence-electron chi connectivity index (χ0n) is 14.7. The summed E-state index contributed by atoms with van der Waals surface area (Å²) in [6.45, 7) is 2.20. The number of carbonyl (C=O) groups is 1. The number of ether oxygens (including phenoxy) is 1. The highest BCUT2D eigenvalue weighted by molar-refractivity contribution is 5.92. The Kier molecular flexibility index (Phi) is 5.68. The maximum atomic E-state index is 11.5. The van der Waals surface area contributed by atoms with Crippen LogP contribution in [0, 0.1) is 0 Å². The molecule has 1 aromatic carbocycles. The van der Waals surface area contributed by atoms with Crippen LogP contribution in [0.25, 0.3) is 11.3 Å². The molecule has 0 amide bonds. The van der Waals surface area contributed by atoms with E-state index in [1.165, 1.54) is 0 Å². The Bertz CT molecular complexity index is 781. The van der Waals surface area contributed by atoms with E-state index in [-0.39, 0.29) is 11.6 Å². The highest BCUT2D eigenvalue weighted by Gasteiger charge is 2.23. The first kappa shape index (κ1) is 18.1. The Hall–Kier alpha value is -2.67. The molecule has 2 atom stereocenters. The maximum Gasteiger partial charge on any atom is 0.339 e. The van der Waals surface area contributed by atoms with Crippen LogP contribution in [0.5, 0.6) is 5.75 Å². The molecule has 3 rings (SSSR count). The van der Waals surface area contributed by atoms with Crippen LogP contribution < -0.4 is 10.1 Å². The molecule has 0 aliphatic heterocycles. The van der Waals surface area contributed by atoms with Crippen LogP contribution >= 0.6 is 0 Å². The van der Waals surface area contributed by atoms with Crippen LogP contribution in [0.4, 0.5) is 5.95 Å². The number of aliphatic hydroxyl groups excluding tert-OH is 1. The smallest absolute Gasteiger partial charge is 0.339 e. The summed E-state index contributed by atoms with van der Waals surface area (Å²) in [6.07, 6.45) is 4.97. The fourth-order valence-electron chi connectivity index (χ4n) is 3.17. The third-order valence-corrected chi connectivity index (χ3v) is 4.51. The Morgan fingerprint density at radius 1 is 1.31 bits per heavy atom. The zero-order chi connectivity index (χ0) is 18.5. The van der Waals surface area contributed by atoms with Gasteiger partial charge in [-0.2, -0.15) is 0 Å². The van der Waals surface area contributed by atoms with Crippen LogP contribution in [-0.2, 0) is 0 Å². The number of aromatic nitrogens is 2. The molecule has 0 saturated heterocycles. The minimum atomic E-state index is -1.05. The lowest BCUT2D eigenvalue weighted by molar-refractivity contribution is 0.0692. The highest BCUT2D eigenvalue weighted by atomic mass is 16.5. The predicted octanol–water partition coefficient (Wildman–Crippen LogP) is 2.96. The first-order chi connectivity index (χ1) is 12.6. The molecule has 138 valence electrons. The summed E-state index contributed by atoms with van der Waals surface area (Å²) in [4.78, 5) is 20.2. The molecule has 0 spiro atoms. The van der Waals surface area contributed by atoms with E-state index in [0.717, 1.165) is 25.7 Å². The fourth-order valence-corrected chi connectivity index (χ4v) is 3.17.